The molecule has 12 heavy (non-hydrogen) atoms. The van der Waals surface area contributed by atoms with E-state index >= 15 is 0 Å². The Balaban J connectivity index is 3.33. The predicted molar refractivity (Wildman–Crippen MR) is 53.8 cm³/mol. The van der Waals surface area contributed by atoms with Gasteiger partial charge in [0, 0.05) is 15.4 Å². The van der Waals surface area contributed by atoms with E-state index in [2.05, 4.69) is 15.9 Å². The number of rotatable bonds is 1. The molecule has 1 aromatic carbocycles. The van der Waals surface area contributed by atoms with Gasteiger partial charge in [0.05, 0.1) is 5.02 Å². The van der Waals surface area contributed by atoms with Gasteiger partial charge in [-0.05, 0) is 19.1 Å². The Kier molecular flexibility index (Phi) is 3.38. The van der Waals surface area contributed by atoms with E-state index in [0.29, 0.717) is 10.6 Å². The third-order valence-electron chi connectivity index (χ3n) is 1.48. The smallest absolute Gasteiger partial charge is 0.142 e. The van der Waals surface area contributed by atoms with E-state index in [-0.39, 0.29) is 9.85 Å². The molecule has 0 aromatic heterocycles. The molecule has 4 heteroatoms. The van der Waals surface area contributed by atoms with Crippen molar-refractivity contribution < 1.29 is 4.39 Å². The lowest BCUT2D eigenvalue weighted by molar-refractivity contribution is 0.626. The second-order valence-electron chi connectivity index (χ2n) is 2.37. The zero-order chi connectivity index (χ0) is 9.30. The van der Waals surface area contributed by atoms with Crippen LogP contribution in [0.5, 0.6) is 0 Å². The fraction of sp³-hybridized carbons (Fsp3) is 0.250. The zero-order valence-corrected chi connectivity index (χ0v) is 9.34. The average molecular weight is 272 g/mol. The van der Waals surface area contributed by atoms with E-state index in [1.807, 2.05) is 6.92 Å². The van der Waals surface area contributed by atoms with Gasteiger partial charge in [-0.25, -0.2) is 4.39 Å². The van der Waals surface area contributed by atoms with Gasteiger partial charge in [0.25, 0.3) is 0 Å². The lowest BCUT2D eigenvalue weighted by Gasteiger charge is -2.09. The quantitative estimate of drug-likeness (QED) is 0.518. The molecule has 66 valence electrons. The molecular formula is C8H6BrCl2F. The molecule has 0 amide bonds. The molecule has 0 fully saturated rings. The SMILES string of the molecule is C[C@@H](Br)c1c(Cl)ccc(F)c1Cl. The second-order valence-corrected chi connectivity index (χ2v) is 4.53. The van der Waals surface area contributed by atoms with Crippen LogP contribution < -0.4 is 0 Å². The minimum atomic E-state index is -0.442. The van der Waals surface area contributed by atoms with Crippen LogP contribution in [0.2, 0.25) is 10.0 Å². The highest BCUT2D eigenvalue weighted by molar-refractivity contribution is 9.09. The zero-order valence-electron chi connectivity index (χ0n) is 6.24. The topological polar surface area (TPSA) is 0 Å². The Hall–Kier alpha value is 0.210. The van der Waals surface area contributed by atoms with Crippen LogP contribution in [-0.2, 0) is 0 Å². The van der Waals surface area contributed by atoms with E-state index < -0.39 is 5.82 Å². The Bertz CT molecular complexity index is 299. The van der Waals surface area contributed by atoms with E-state index in [1.54, 1.807) is 0 Å². The second kappa shape index (κ2) is 3.95. The van der Waals surface area contributed by atoms with Crippen molar-refractivity contribution in [2.75, 3.05) is 0 Å². The summed E-state index contributed by atoms with van der Waals surface area (Å²) in [5, 5.41) is 0.567. The molecule has 0 aliphatic heterocycles. The Morgan fingerprint density at radius 3 is 2.42 bits per heavy atom. The highest BCUT2D eigenvalue weighted by Gasteiger charge is 2.14. The van der Waals surface area contributed by atoms with Crippen LogP contribution in [0.25, 0.3) is 0 Å². The molecule has 0 N–H and O–H groups in total. The van der Waals surface area contributed by atoms with Gasteiger partial charge in [0.15, 0.2) is 0 Å². The standard InChI is InChI=1S/C8H6BrCl2F/c1-4(9)7-5(10)2-3-6(12)8(7)11/h2-4H,1H3/t4-/m1/s1. The number of hydrogen-bond donors (Lipinski definition) is 0. The van der Waals surface area contributed by atoms with Crippen LogP contribution >= 0.6 is 39.1 Å². The Labute approximate surface area is 88.8 Å². The van der Waals surface area contributed by atoms with Crippen molar-refractivity contribution in [3.8, 4) is 0 Å². The summed E-state index contributed by atoms with van der Waals surface area (Å²) in [5.41, 5.74) is 0.596. The molecule has 1 rings (SSSR count). The molecule has 0 spiro atoms. The normalized spacial score (nSPS) is 13.1. The fourth-order valence-corrected chi connectivity index (χ4v) is 2.34. The highest BCUT2D eigenvalue weighted by Crippen LogP contribution is 2.36. The molecular weight excluding hydrogens is 266 g/mol. The van der Waals surface area contributed by atoms with Gasteiger partial charge in [0.1, 0.15) is 5.82 Å². The summed E-state index contributed by atoms with van der Waals surface area (Å²) >= 11 is 14.8. The van der Waals surface area contributed by atoms with Gasteiger partial charge in [0.2, 0.25) is 0 Å². The fourth-order valence-electron chi connectivity index (χ4n) is 0.907. The van der Waals surface area contributed by atoms with Crippen LogP contribution in [0.1, 0.15) is 17.3 Å². The van der Waals surface area contributed by atoms with Crippen LogP contribution in [0.15, 0.2) is 12.1 Å². The summed E-state index contributed by atoms with van der Waals surface area (Å²) < 4.78 is 12.9. The third kappa shape index (κ3) is 1.93. The number of benzene rings is 1. The van der Waals surface area contributed by atoms with E-state index in [4.69, 9.17) is 23.2 Å². The summed E-state index contributed by atoms with van der Waals surface area (Å²) in [7, 11) is 0. The van der Waals surface area contributed by atoms with Crippen LogP contribution in [0, 0.1) is 5.82 Å². The minimum Gasteiger partial charge on any atom is -0.205 e. The van der Waals surface area contributed by atoms with Gasteiger partial charge in [-0.2, -0.15) is 0 Å². The van der Waals surface area contributed by atoms with E-state index in [9.17, 15) is 4.39 Å². The van der Waals surface area contributed by atoms with Gasteiger partial charge >= 0.3 is 0 Å². The highest BCUT2D eigenvalue weighted by atomic mass is 79.9. The van der Waals surface area contributed by atoms with Crippen LogP contribution in [0.3, 0.4) is 0 Å². The lowest BCUT2D eigenvalue weighted by Crippen LogP contribution is -1.90. The molecule has 0 unspecified atom stereocenters. The summed E-state index contributed by atoms with van der Waals surface area (Å²) in [6.07, 6.45) is 0. The third-order valence-corrected chi connectivity index (χ3v) is 2.65. The molecule has 0 radical (unpaired) electrons. The largest absolute Gasteiger partial charge is 0.205 e. The first kappa shape index (κ1) is 10.3. The van der Waals surface area contributed by atoms with Crippen molar-refractivity contribution in [3.63, 3.8) is 0 Å². The summed E-state index contributed by atoms with van der Waals surface area (Å²) in [5.74, 6) is -0.442. The molecule has 1 atom stereocenters. The first-order valence-corrected chi connectivity index (χ1v) is 4.98. The van der Waals surface area contributed by atoms with E-state index in [0.717, 1.165) is 0 Å². The number of halogens is 4. The molecule has 0 aliphatic rings. The molecule has 0 saturated heterocycles. The molecule has 0 nitrogen and oxygen atoms in total. The van der Waals surface area contributed by atoms with Crippen molar-refractivity contribution in [2.45, 2.75) is 11.8 Å². The summed E-state index contributed by atoms with van der Waals surface area (Å²) in [6.45, 7) is 1.84. The maximum atomic E-state index is 12.9. The van der Waals surface area contributed by atoms with Gasteiger partial charge in [-0.15, -0.1) is 0 Å². The van der Waals surface area contributed by atoms with Crippen molar-refractivity contribution in [1.29, 1.82) is 0 Å². The van der Waals surface area contributed by atoms with E-state index in [1.165, 1.54) is 12.1 Å². The number of alkyl halides is 1. The Morgan fingerprint density at radius 1 is 1.42 bits per heavy atom. The van der Waals surface area contributed by atoms with Crippen molar-refractivity contribution in [2.24, 2.45) is 0 Å². The van der Waals surface area contributed by atoms with Gasteiger partial charge in [-0.3, -0.25) is 0 Å². The predicted octanol–water partition coefficient (Wildman–Crippen LogP) is 4.59. The minimum absolute atomic E-state index is 0.0480. The van der Waals surface area contributed by atoms with Crippen LogP contribution in [-0.4, -0.2) is 0 Å². The molecule has 0 aliphatic carbocycles. The van der Waals surface area contributed by atoms with Gasteiger partial charge < -0.3 is 0 Å². The van der Waals surface area contributed by atoms with Gasteiger partial charge in [-0.1, -0.05) is 39.1 Å². The molecule has 0 heterocycles. The maximum Gasteiger partial charge on any atom is 0.142 e. The first-order chi connectivity index (χ1) is 5.54. The monoisotopic (exact) mass is 270 g/mol. The van der Waals surface area contributed by atoms with Crippen molar-refractivity contribution >= 4 is 39.1 Å². The van der Waals surface area contributed by atoms with Crippen molar-refractivity contribution in [1.82, 2.24) is 0 Å². The lowest BCUT2D eigenvalue weighted by atomic mass is 10.1. The average Bonchev–Trinajstić information content (AvgIpc) is 1.97. The number of hydrogen-bond acceptors (Lipinski definition) is 0. The summed E-state index contributed by atoms with van der Waals surface area (Å²) in [6, 6.07) is 2.75. The van der Waals surface area contributed by atoms with Crippen LogP contribution in [0.4, 0.5) is 4.39 Å². The summed E-state index contributed by atoms with van der Waals surface area (Å²) in [4.78, 5) is -0.0480. The van der Waals surface area contributed by atoms with Crippen molar-refractivity contribution in [3.05, 3.63) is 33.6 Å². The molecule has 1 aromatic rings. The maximum absolute atomic E-state index is 12.9. The Morgan fingerprint density at radius 2 is 2.00 bits per heavy atom. The first-order valence-electron chi connectivity index (χ1n) is 3.31. The molecule has 0 bridgehead atoms. The molecule has 0 saturated carbocycles.